The van der Waals surface area contributed by atoms with Crippen LogP contribution < -0.4 is 19.9 Å². The molecule has 1 heterocycles. The van der Waals surface area contributed by atoms with E-state index in [1.807, 2.05) is 24.3 Å². The summed E-state index contributed by atoms with van der Waals surface area (Å²) in [5.41, 5.74) is 3.42. The predicted molar refractivity (Wildman–Crippen MR) is 115 cm³/mol. The number of methoxy groups -OCH3 is 1. The zero-order valence-electron chi connectivity index (χ0n) is 17.2. The van der Waals surface area contributed by atoms with Gasteiger partial charge in [0.2, 0.25) is 0 Å². The lowest BCUT2D eigenvalue weighted by atomic mass is 9.99. The lowest BCUT2D eigenvalue weighted by Gasteiger charge is -2.33. The molecular formula is C23H32N3O2+. The first-order valence-electron chi connectivity index (χ1n) is 10.2. The van der Waals surface area contributed by atoms with E-state index in [2.05, 4.69) is 48.3 Å². The van der Waals surface area contributed by atoms with Crippen LogP contribution in [0.4, 0.5) is 11.4 Å². The Morgan fingerprint density at radius 2 is 1.75 bits per heavy atom. The van der Waals surface area contributed by atoms with Crippen LogP contribution in [0, 0.1) is 0 Å². The lowest BCUT2D eigenvalue weighted by molar-refractivity contribution is -0.892. The molecule has 0 spiro atoms. The van der Waals surface area contributed by atoms with Gasteiger partial charge in [0.1, 0.15) is 5.75 Å². The molecule has 0 saturated carbocycles. The largest absolute Gasteiger partial charge is 0.497 e. The van der Waals surface area contributed by atoms with Crippen LogP contribution >= 0.6 is 0 Å². The number of nitrogens with one attached hydrogen (secondary N) is 2. The molecule has 5 heteroatoms. The van der Waals surface area contributed by atoms with Crippen LogP contribution in [0.2, 0.25) is 0 Å². The summed E-state index contributed by atoms with van der Waals surface area (Å²) in [5.74, 6) is 1.52. The fraction of sp³-hybridized carbons (Fsp3) is 0.435. The van der Waals surface area contributed by atoms with Gasteiger partial charge < -0.3 is 19.9 Å². The molecular weight excluding hydrogens is 350 g/mol. The van der Waals surface area contributed by atoms with Gasteiger partial charge in [0, 0.05) is 11.4 Å². The van der Waals surface area contributed by atoms with E-state index in [4.69, 9.17) is 4.74 Å². The van der Waals surface area contributed by atoms with Crippen LogP contribution in [0.3, 0.4) is 0 Å². The minimum Gasteiger partial charge on any atom is -0.497 e. The van der Waals surface area contributed by atoms with Gasteiger partial charge in [-0.1, -0.05) is 26.0 Å². The molecule has 1 atom stereocenters. The number of quaternary nitrogens is 1. The predicted octanol–water partition coefficient (Wildman–Crippen LogP) is 2.55. The van der Waals surface area contributed by atoms with Crippen molar-refractivity contribution in [2.24, 2.45) is 0 Å². The van der Waals surface area contributed by atoms with Crippen molar-refractivity contribution in [1.29, 1.82) is 0 Å². The summed E-state index contributed by atoms with van der Waals surface area (Å²) in [4.78, 5) is 16.1. The Kier molecular flexibility index (Phi) is 6.93. The van der Waals surface area contributed by atoms with Gasteiger partial charge in [0.05, 0.1) is 33.3 Å². The molecule has 0 aliphatic carbocycles. The summed E-state index contributed by atoms with van der Waals surface area (Å²) >= 11 is 0. The molecule has 150 valence electrons. The van der Waals surface area contributed by atoms with Crippen LogP contribution in [0.1, 0.15) is 31.7 Å². The summed E-state index contributed by atoms with van der Waals surface area (Å²) < 4.78 is 5.22. The maximum atomic E-state index is 12.4. The molecule has 1 fully saturated rings. The second-order valence-corrected chi connectivity index (χ2v) is 7.59. The number of amides is 1. The summed E-state index contributed by atoms with van der Waals surface area (Å²) in [7, 11) is 1.68. The number of hydrogen-bond donors (Lipinski definition) is 2. The van der Waals surface area contributed by atoms with Gasteiger partial charge >= 0.3 is 0 Å². The molecule has 1 aliphatic heterocycles. The average molecular weight is 383 g/mol. The fourth-order valence-corrected chi connectivity index (χ4v) is 3.61. The number of carbonyl (C=O) groups is 1. The van der Waals surface area contributed by atoms with E-state index in [-0.39, 0.29) is 5.91 Å². The Morgan fingerprint density at radius 3 is 2.32 bits per heavy atom. The van der Waals surface area contributed by atoms with E-state index < -0.39 is 0 Å². The third-order valence-corrected chi connectivity index (χ3v) is 5.69. The van der Waals surface area contributed by atoms with Gasteiger partial charge in [0.25, 0.3) is 5.91 Å². The van der Waals surface area contributed by atoms with Crippen LogP contribution in [-0.2, 0) is 4.79 Å². The van der Waals surface area contributed by atoms with Crippen molar-refractivity contribution in [2.75, 3.05) is 50.1 Å². The lowest BCUT2D eigenvalue weighted by Crippen LogP contribution is -3.15. The molecule has 0 radical (unpaired) electrons. The Morgan fingerprint density at radius 1 is 1.11 bits per heavy atom. The highest BCUT2D eigenvalue weighted by molar-refractivity contribution is 5.91. The topological polar surface area (TPSA) is 46.0 Å². The van der Waals surface area contributed by atoms with Gasteiger partial charge in [-0.05, 0) is 54.3 Å². The standard InChI is InChI=1S/C23H31N3O2/c1-4-18(2)19-5-7-20(8-6-19)24-23(27)17-25-13-15-26(16-14-25)21-9-11-22(28-3)12-10-21/h5-12,18H,4,13-17H2,1-3H3,(H,24,27)/p+1/t18-/m1/s1. The summed E-state index contributed by atoms with van der Waals surface area (Å²) in [6.07, 6.45) is 1.12. The molecule has 28 heavy (non-hydrogen) atoms. The first kappa shape index (κ1) is 20.2. The molecule has 5 nitrogen and oxygen atoms in total. The maximum Gasteiger partial charge on any atom is 0.279 e. The summed E-state index contributed by atoms with van der Waals surface area (Å²) in [6.45, 7) is 8.78. The van der Waals surface area contributed by atoms with E-state index in [1.165, 1.54) is 16.2 Å². The first-order valence-corrected chi connectivity index (χ1v) is 10.2. The Hall–Kier alpha value is -2.53. The summed E-state index contributed by atoms with van der Waals surface area (Å²) in [6, 6.07) is 16.4. The van der Waals surface area contributed by atoms with Crippen molar-refractivity contribution in [3.8, 4) is 5.75 Å². The third-order valence-electron chi connectivity index (χ3n) is 5.69. The number of piperazine rings is 1. The SMILES string of the molecule is CC[C@@H](C)c1ccc(NC(=O)C[NH+]2CCN(c3ccc(OC)cc3)CC2)cc1. The Bertz CT molecular complexity index is 750. The number of nitrogens with zero attached hydrogens (tertiary/aromatic N) is 1. The third kappa shape index (κ3) is 5.26. The molecule has 1 saturated heterocycles. The molecule has 2 aromatic carbocycles. The van der Waals surface area contributed by atoms with Crippen molar-refractivity contribution in [1.82, 2.24) is 0 Å². The van der Waals surface area contributed by atoms with Gasteiger partial charge in [-0.25, -0.2) is 0 Å². The maximum absolute atomic E-state index is 12.4. The minimum absolute atomic E-state index is 0.0872. The highest BCUT2D eigenvalue weighted by Crippen LogP contribution is 2.20. The van der Waals surface area contributed by atoms with E-state index in [9.17, 15) is 4.79 Å². The molecule has 2 N–H and O–H groups in total. The van der Waals surface area contributed by atoms with Crippen LogP contribution in [0.5, 0.6) is 5.75 Å². The van der Waals surface area contributed by atoms with Gasteiger partial charge in [-0.15, -0.1) is 0 Å². The van der Waals surface area contributed by atoms with E-state index in [0.29, 0.717) is 12.5 Å². The Balaban J connectivity index is 1.45. The molecule has 1 aliphatic rings. The number of rotatable bonds is 7. The van der Waals surface area contributed by atoms with Crippen molar-refractivity contribution in [3.05, 3.63) is 54.1 Å². The number of benzene rings is 2. The highest BCUT2D eigenvalue weighted by atomic mass is 16.5. The molecule has 0 unspecified atom stereocenters. The Labute approximate surface area is 168 Å². The monoisotopic (exact) mass is 382 g/mol. The zero-order valence-corrected chi connectivity index (χ0v) is 17.2. The molecule has 2 aromatic rings. The van der Waals surface area contributed by atoms with Crippen LogP contribution in [0.15, 0.2) is 48.5 Å². The normalized spacial score (nSPS) is 15.9. The van der Waals surface area contributed by atoms with E-state index >= 15 is 0 Å². The van der Waals surface area contributed by atoms with Crippen molar-refractivity contribution < 1.29 is 14.4 Å². The number of anilines is 2. The van der Waals surface area contributed by atoms with Crippen molar-refractivity contribution in [3.63, 3.8) is 0 Å². The van der Waals surface area contributed by atoms with Gasteiger partial charge in [-0.2, -0.15) is 0 Å². The number of carbonyl (C=O) groups excluding carboxylic acids is 1. The van der Waals surface area contributed by atoms with Crippen LogP contribution in [-0.4, -0.2) is 45.7 Å². The average Bonchev–Trinajstić information content (AvgIpc) is 2.74. The van der Waals surface area contributed by atoms with Gasteiger partial charge in [0.15, 0.2) is 6.54 Å². The van der Waals surface area contributed by atoms with Crippen molar-refractivity contribution in [2.45, 2.75) is 26.2 Å². The summed E-state index contributed by atoms with van der Waals surface area (Å²) in [5, 5.41) is 3.04. The smallest absolute Gasteiger partial charge is 0.279 e. The quantitative estimate of drug-likeness (QED) is 0.774. The molecule has 1 amide bonds. The first-order chi connectivity index (χ1) is 13.6. The van der Waals surface area contributed by atoms with Gasteiger partial charge in [-0.3, -0.25) is 4.79 Å². The number of hydrogen-bond acceptors (Lipinski definition) is 3. The second kappa shape index (κ2) is 9.60. The molecule has 0 bridgehead atoms. The highest BCUT2D eigenvalue weighted by Gasteiger charge is 2.22. The fourth-order valence-electron chi connectivity index (χ4n) is 3.61. The van der Waals surface area contributed by atoms with Crippen LogP contribution in [0.25, 0.3) is 0 Å². The van der Waals surface area contributed by atoms with E-state index in [0.717, 1.165) is 44.0 Å². The second-order valence-electron chi connectivity index (χ2n) is 7.59. The van der Waals surface area contributed by atoms with Crippen molar-refractivity contribution >= 4 is 17.3 Å². The molecule has 0 aromatic heterocycles. The minimum atomic E-state index is 0.0872. The van der Waals surface area contributed by atoms with E-state index in [1.54, 1.807) is 7.11 Å². The number of ether oxygens (including phenoxy) is 1. The zero-order chi connectivity index (χ0) is 19.9. The molecule has 3 rings (SSSR count).